The van der Waals surface area contributed by atoms with Gasteiger partial charge in [0.2, 0.25) is 5.91 Å². The number of esters is 1. The molecule has 0 saturated heterocycles. The predicted octanol–water partition coefficient (Wildman–Crippen LogP) is 17.1. The molecule has 0 aliphatic rings. The van der Waals surface area contributed by atoms with Gasteiger partial charge in [-0.25, -0.2) is 0 Å². The van der Waals surface area contributed by atoms with Gasteiger partial charge in [-0.15, -0.1) is 0 Å². The topological polar surface area (TPSA) is 95.9 Å². The average molecular weight is 889 g/mol. The Morgan fingerprint density at radius 3 is 1.24 bits per heavy atom. The molecule has 3 N–H and O–H groups in total. The summed E-state index contributed by atoms with van der Waals surface area (Å²) < 4.78 is 5.95. The van der Waals surface area contributed by atoms with Crippen LogP contribution in [0.15, 0.2) is 24.3 Å². The lowest BCUT2D eigenvalue weighted by Crippen LogP contribution is -2.46. The van der Waals surface area contributed by atoms with Crippen molar-refractivity contribution in [2.24, 2.45) is 0 Å². The summed E-state index contributed by atoms with van der Waals surface area (Å²) in [6.07, 6.45) is 59.5. The molecular weight excluding hydrogens is 779 g/mol. The van der Waals surface area contributed by atoms with E-state index in [-0.39, 0.29) is 24.9 Å². The third kappa shape index (κ3) is 46.7. The molecule has 0 fully saturated rings. The highest BCUT2D eigenvalue weighted by molar-refractivity contribution is 5.77. The normalized spacial score (nSPS) is 13.3. The molecule has 6 heteroatoms. The van der Waals surface area contributed by atoms with Gasteiger partial charge in [0.15, 0.2) is 0 Å². The average Bonchev–Trinajstić information content (AvgIpc) is 3.28. The van der Waals surface area contributed by atoms with Gasteiger partial charge in [0, 0.05) is 6.42 Å². The summed E-state index contributed by atoms with van der Waals surface area (Å²) in [6.45, 7) is 6.48. The van der Waals surface area contributed by atoms with Crippen LogP contribution in [0.5, 0.6) is 0 Å². The first kappa shape index (κ1) is 61.3. The molecule has 1 amide bonds. The molecule has 0 spiro atoms. The molecule has 63 heavy (non-hydrogen) atoms. The summed E-state index contributed by atoms with van der Waals surface area (Å²) in [6, 6.07) is -0.697. The van der Waals surface area contributed by atoms with Gasteiger partial charge in [0.05, 0.1) is 25.2 Å². The second-order valence-electron chi connectivity index (χ2n) is 19.3. The summed E-state index contributed by atoms with van der Waals surface area (Å²) in [5.41, 5.74) is 0. The Bertz CT molecular complexity index is 997. The molecule has 0 aliphatic heterocycles. The first-order chi connectivity index (χ1) is 31.0. The molecule has 3 atom stereocenters. The molecule has 0 bridgehead atoms. The fraction of sp³-hybridized carbons (Fsp3) is 0.895. The standard InChI is InChI=1S/C57H109NO5/c1-4-7-10-13-16-19-22-24-26-27-28-29-30-32-35-38-41-44-47-50-57(62)63-53(48-45-42-39-36-33-21-18-15-12-9-6-3)51-56(61)58-54(52-59)55(60)49-46-43-40-37-34-31-25-23-20-17-14-11-8-5-2/h16,19,24,26,53-55,59-60H,4-15,17-18,20-23,25,27-52H2,1-3H3,(H,58,61)/b19-16-,26-24-. The fourth-order valence-electron chi connectivity index (χ4n) is 8.76. The van der Waals surface area contributed by atoms with Crippen molar-refractivity contribution in [3.05, 3.63) is 24.3 Å². The molecule has 0 aromatic carbocycles. The van der Waals surface area contributed by atoms with Crippen LogP contribution in [-0.2, 0) is 14.3 Å². The van der Waals surface area contributed by atoms with Crippen LogP contribution >= 0.6 is 0 Å². The van der Waals surface area contributed by atoms with Gasteiger partial charge in [-0.3, -0.25) is 9.59 Å². The summed E-state index contributed by atoms with van der Waals surface area (Å²) in [5, 5.41) is 23.8. The van der Waals surface area contributed by atoms with Crippen molar-refractivity contribution < 1.29 is 24.5 Å². The van der Waals surface area contributed by atoms with Gasteiger partial charge in [-0.1, -0.05) is 257 Å². The second-order valence-corrected chi connectivity index (χ2v) is 19.3. The molecule has 372 valence electrons. The number of amides is 1. The number of hydrogen-bond donors (Lipinski definition) is 3. The minimum atomic E-state index is -0.784. The van der Waals surface area contributed by atoms with Crippen LogP contribution in [0.2, 0.25) is 0 Å². The lowest BCUT2D eigenvalue weighted by Gasteiger charge is -2.24. The number of hydrogen-bond acceptors (Lipinski definition) is 5. The summed E-state index contributed by atoms with van der Waals surface area (Å²) in [5.74, 6) is -0.461. The Labute approximate surface area is 392 Å². The SMILES string of the molecule is CCCCC/C=C\C/C=C\CCCCCCCCCCCC(=O)OC(CCCCCCCCCCCCC)CC(=O)NC(CO)C(O)CCCCCCCCCCCCCCCC. The van der Waals surface area contributed by atoms with E-state index in [4.69, 9.17) is 4.74 Å². The number of aliphatic hydroxyl groups excluding tert-OH is 2. The van der Waals surface area contributed by atoms with Crippen molar-refractivity contribution in [2.45, 2.75) is 322 Å². The number of rotatable bonds is 51. The minimum absolute atomic E-state index is 0.0817. The summed E-state index contributed by atoms with van der Waals surface area (Å²) >= 11 is 0. The smallest absolute Gasteiger partial charge is 0.306 e. The van der Waals surface area contributed by atoms with Crippen molar-refractivity contribution in [3.63, 3.8) is 0 Å². The van der Waals surface area contributed by atoms with Gasteiger partial charge in [0.25, 0.3) is 0 Å². The molecule has 0 rings (SSSR count). The predicted molar refractivity (Wildman–Crippen MR) is 273 cm³/mol. The van der Waals surface area contributed by atoms with Gasteiger partial charge in [-0.05, 0) is 57.8 Å². The number of allylic oxidation sites excluding steroid dienone is 4. The number of aliphatic hydroxyl groups is 2. The Morgan fingerprint density at radius 2 is 0.810 bits per heavy atom. The van der Waals surface area contributed by atoms with E-state index in [1.165, 1.54) is 205 Å². The van der Waals surface area contributed by atoms with Gasteiger partial charge >= 0.3 is 5.97 Å². The summed E-state index contributed by atoms with van der Waals surface area (Å²) in [4.78, 5) is 26.2. The third-order valence-corrected chi connectivity index (χ3v) is 13.0. The molecular formula is C57H109NO5. The van der Waals surface area contributed by atoms with Crippen LogP contribution in [0.3, 0.4) is 0 Å². The lowest BCUT2D eigenvalue weighted by atomic mass is 10.0. The van der Waals surface area contributed by atoms with E-state index in [0.29, 0.717) is 19.3 Å². The van der Waals surface area contributed by atoms with Gasteiger partial charge in [-0.2, -0.15) is 0 Å². The van der Waals surface area contributed by atoms with E-state index in [9.17, 15) is 19.8 Å². The Hall–Kier alpha value is -1.66. The fourth-order valence-corrected chi connectivity index (χ4v) is 8.76. The third-order valence-electron chi connectivity index (χ3n) is 13.0. The van der Waals surface area contributed by atoms with Crippen LogP contribution in [0.4, 0.5) is 0 Å². The second kappa shape index (κ2) is 51.3. The molecule has 0 heterocycles. The Balaban J connectivity index is 4.44. The number of carbonyl (C=O) groups is 2. The summed E-state index contributed by atoms with van der Waals surface area (Å²) in [7, 11) is 0. The molecule has 3 unspecified atom stereocenters. The maximum absolute atomic E-state index is 13.2. The Kier molecular flexibility index (Phi) is 50.0. The van der Waals surface area contributed by atoms with E-state index in [0.717, 1.165) is 51.4 Å². The van der Waals surface area contributed by atoms with Gasteiger partial charge in [0.1, 0.15) is 6.10 Å². The zero-order chi connectivity index (χ0) is 45.9. The first-order valence-electron chi connectivity index (χ1n) is 28.1. The largest absolute Gasteiger partial charge is 0.462 e. The highest BCUT2D eigenvalue weighted by Crippen LogP contribution is 2.19. The van der Waals surface area contributed by atoms with E-state index < -0.39 is 18.2 Å². The van der Waals surface area contributed by atoms with Crippen molar-refractivity contribution in [3.8, 4) is 0 Å². The molecule has 0 aliphatic carbocycles. The zero-order valence-electron chi connectivity index (χ0n) is 42.5. The van der Waals surface area contributed by atoms with Crippen LogP contribution in [-0.4, -0.2) is 46.9 Å². The van der Waals surface area contributed by atoms with Crippen molar-refractivity contribution in [1.82, 2.24) is 5.32 Å². The minimum Gasteiger partial charge on any atom is -0.462 e. The maximum Gasteiger partial charge on any atom is 0.306 e. The van der Waals surface area contributed by atoms with Crippen molar-refractivity contribution in [2.75, 3.05) is 6.61 Å². The molecule has 0 saturated carbocycles. The maximum atomic E-state index is 13.2. The first-order valence-corrected chi connectivity index (χ1v) is 28.1. The highest BCUT2D eigenvalue weighted by Gasteiger charge is 2.24. The zero-order valence-corrected chi connectivity index (χ0v) is 42.5. The van der Waals surface area contributed by atoms with E-state index in [1.54, 1.807) is 0 Å². The number of carbonyl (C=O) groups excluding carboxylic acids is 2. The van der Waals surface area contributed by atoms with Crippen molar-refractivity contribution in [1.29, 1.82) is 0 Å². The number of unbranched alkanes of at least 4 members (excludes halogenated alkanes) is 35. The monoisotopic (exact) mass is 888 g/mol. The lowest BCUT2D eigenvalue weighted by molar-refractivity contribution is -0.151. The van der Waals surface area contributed by atoms with Crippen LogP contribution in [0.25, 0.3) is 0 Å². The quantitative estimate of drug-likeness (QED) is 0.0321. The molecule has 6 nitrogen and oxygen atoms in total. The van der Waals surface area contributed by atoms with Crippen molar-refractivity contribution >= 4 is 11.9 Å². The van der Waals surface area contributed by atoms with Crippen LogP contribution in [0.1, 0.15) is 303 Å². The molecule has 0 aromatic heterocycles. The van der Waals surface area contributed by atoms with Crippen LogP contribution < -0.4 is 5.32 Å². The van der Waals surface area contributed by atoms with Crippen LogP contribution in [0, 0.1) is 0 Å². The number of ether oxygens (including phenoxy) is 1. The van der Waals surface area contributed by atoms with Gasteiger partial charge < -0.3 is 20.3 Å². The van der Waals surface area contributed by atoms with E-state index in [2.05, 4.69) is 50.4 Å². The Morgan fingerprint density at radius 1 is 0.460 bits per heavy atom. The molecule has 0 radical (unpaired) electrons. The van der Waals surface area contributed by atoms with E-state index >= 15 is 0 Å². The number of nitrogens with one attached hydrogen (secondary N) is 1. The highest BCUT2D eigenvalue weighted by atomic mass is 16.5. The van der Waals surface area contributed by atoms with E-state index in [1.807, 2.05) is 0 Å². The molecule has 0 aromatic rings.